The van der Waals surface area contributed by atoms with Crippen LogP contribution < -0.4 is 4.90 Å². The second kappa shape index (κ2) is 5.60. The molecule has 1 aromatic rings. The first-order valence-corrected chi connectivity index (χ1v) is 8.71. The number of para-hydroxylation sites is 1. The van der Waals surface area contributed by atoms with Crippen LogP contribution in [-0.4, -0.2) is 27.1 Å². The third-order valence-corrected chi connectivity index (χ3v) is 5.44. The first-order valence-electron chi connectivity index (χ1n) is 7.27. The molecular weight excluding hydrogens is 288 g/mol. The maximum Gasteiger partial charge on any atom is 0.285 e. The van der Waals surface area contributed by atoms with E-state index in [4.69, 9.17) is 0 Å². The number of carbonyl (C=O) groups is 1. The molecule has 1 saturated carbocycles. The highest BCUT2D eigenvalue weighted by atomic mass is 32.2. The Labute approximate surface area is 124 Å². The molecule has 0 saturated heterocycles. The standard InChI is InChI=1S/C15H18N2O3S/c18-14(12-6-2-1-3-7-12)10-17-11-16-21(19,20)15-9-5-4-8-13(15)17/h4-5,8-9,11-12H,1-3,6-7,10H2. The van der Waals surface area contributed by atoms with E-state index in [0.29, 0.717) is 5.69 Å². The first kappa shape index (κ1) is 14.3. The van der Waals surface area contributed by atoms with Gasteiger partial charge in [0.1, 0.15) is 11.2 Å². The van der Waals surface area contributed by atoms with Gasteiger partial charge in [0.05, 0.1) is 12.2 Å². The van der Waals surface area contributed by atoms with Crippen LogP contribution in [0.5, 0.6) is 0 Å². The van der Waals surface area contributed by atoms with Gasteiger partial charge in [0.25, 0.3) is 10.0 Å². The van der Waals surface area contributed by atoms with Gasteiger partial charge in [0.15, 0.2) is 5.78 Å². The molecule has 0 aromatic heterocycles. The number of sulfonamides is 1. The van der Waals surface area contributed by atoms with Crippen molar-refractivity contribution in [2.24, 2.45) is 10.3 Å². The molecule has 1 heterocycles. The minimum Gasteiger partial charge on any atom is -0.323 e. The zero-order valence-corrected chi connectivity index (χ0v) is 12.6. The molecule has 5 nitrogen and oxygen atoms in total. The van der Waals surface area contributed by atoms with Crippen LogP contribution in [0.25, 0.3) is 0 Å². The fraction of sp³-hybridized carbons (Fsp3) is 0.467. The molecule has 0 atom stereocenters. The smallest absolute Gasteiger partial charge is 0.285 e. The van der Waals surface area contributed by atoms with E-state index in [2.05, 4.69) is 4.40 Å². The van der Waals surface area contributed by atoms with Crippen molar-refractivity contribution in [2.75, 3.05) is 11.4 Å². The lowest BCUT2D eigenvalue weighted by atomic mass is 9.86. The molecule has 2 aliphatic rings. The highest BCUT2D eigenvalue weighted by Crippen LogP contribution is 2.30. The highest BCUT2D eigenvalue weighted by Gasteiger charge is 2.28. The van der Waals surface area contributed by atoms with Crippen LogP contribution >= 0.6 is 0 Å². The number of nitrogens with zero attached hydrogens (tertiary/aromatic N) is 2. The molecule has 1 fully saturated rings. The fourth-order valence-electron chi connectivity index (χ4n) is 3.00. The van der Waals surface area contributed by atoms with E-state index in [0.717, 1.165) is 25.7 Å². The number of carbonyl (C=O) groups excluding carboxylic acids is 1. The zero-order valence-electron chi connectivity index (χ0n) is 11.7. The maximum atomic E-state index is 12.4. The first-order chi connectivity index (χ1) is 10.1. The Balaban J connectivity index is 1.82. The predicted octanol–water partition coefficient (Wildman–Crippen LogP) is 2.37. The van der Waals surface area contributed by atoms with Crippen molar-refractivity contribution in [3.05, 3.63) is 24.3 Å². The van der Waals surface area contributed by atoms with Crippen molar-refractivity contribution in [1.82, 2.24) is 0 Å². The number of anilines is 1. The van der Waals surface area contributed by atoms with Crippen LogP contribution in [0.2, 0.25) is 0 Å². The van der Waals surface area contributed by atoms with Crippen molar-refractivity contribution in [1.29, 1.82) is 0 Å². The molecule has 1 aliphatic heterocycles. The third kappa shape index (κ3) is 2.85. The summed E-state index contributed by atoms with van der Waals surface area (Å²) < 4.78 is 27.4. The van der Waals surface area contributed by atoms with Gasteiger partial charge in [0.2, 0.25) is 0 Å². The van der Waals surface area contributed by atoms with Gasteiger partial charge in [-0.05, 0) is 25.0 Å². The molecule has 0 unspecified atom stereocenters. The van der Waals surface area contributed by atoms with E-state index in [1.54, 1.807) is 23.1 Å². The van der Waals surface area contributed by atoms with Crippen LogP contribution in [0, 0.1) is 5.92 Å². The number of Topliss-reactive ketones (excluding diaryl/α,β-unsaturated/α-hetero) is 1. The van der Waals surface area contributed by atoms with Gasteiger partial charge >= 0.3 is 0 Å². The van der Waals surface area contributed by atoms with E-state index in [-0.39, 0.29) is 23.1 Å². The van der Waals surface area contributed by atoms with E-state index in [1.165, 1.54) is 18.8 Å². The van der Waals surface area contributed by atoms with Crippen molar-refractivity contribution in [2.45, 2.75) is 37.0 Å². The number of hydrogen-bond donors (Lipinski definition) is 0. The van der Waals surface area contributed by atoms with Crippen molar-refractivity contribution >= 4 is 27.8 Å². The van der Waals surface area contributed by atoms with Crippen LogP contribution in [0.15, 0.2) is 33.6 Å². The van der Waals surface area contributed by atoms with Crippen molar-refractivity contribution in [3.63, 3.8) is 0 Å². The average Bonchev–Trinajstić information content (AvgIpc) is 2.51. The van der Waals surface area contributed by atoms with E-state index in [1.807, 2.05) is 0 Å². The molecule has 6 heteroatoms. The quantitative estimate of drug-likeness (QED) is 0.860. The van der Waals surface area contributed by atoms with Crippen molar-refractivity contribution < 1.29 is 13.2 Å². The Morgan fingerprint density at radius 2 is 1.90 bits per heavy atom. The topological polar surface area (TPSA) is 66.8 Å². The molecule has 21 heavy (non-hydrogen) atoms. The Bertz CT molecular complexity index is 676. The number of hydrogen-bond acceptors (Lipinski definition) is 4. The lowest BCUT2D eigenvalue weighted by molar-refractivity contribution is -0.122. The highest BCUT2D eigenvalue weighted by molar-refractivity contribution is 7.90. The number of rotatable bonds is 3. The Kier molecular flexibility index (Phi) is 3.80. The third-order valence-electron chi connectivity index (χ3n) is 4.16. The molecule has 1 aromatic carbocycles. The van der Waals surface area contributed by atoms with E-state index < -0.39 is 10.0 Å². The molecule has 112 valence electrons. The normalized spacial score (nSPS) is 21.0. The summed E-state index contributed by atoms with van der Waals surface area (Å²) in [5, 5.41) is 0. The van der Waals surface area contributed by atoms with E-state index >= 15 is 0 Å². The molecule has 0 bridgehead atoms. The van der Waals surface area contributed by atoms with Gasteiger partial charge in [-0.2, -0.15) is 8.42 Å². The molecule has 0 amide bonds. The molecule has 0 radical (unpaired) electrons. The number of benzene rings is 1. The van der Waals surface area contributed by atoms with Crippen LogP contribution in [-0.2, 0) is 14.8 Å². The van der Waals surface area contributed by atoms with Crippen LogP contribution in [0.3, 0.4) is 0 Å². The summed E-state index contributed by atoms with van der Waals surface area (Å²) >= 11 is 0. The average molecular weight is 306 g/mol. The molecule has 0 spiro atoms. The van der Waals surface area contributed by atoms with E-state index in [9.17, 15) is 13.2 Å². The van der Waals surface area contributed by atoms with Crippen LogP contribution in [0.1, 0.15) is 32.1 Å². The Morgan fingerprint density at radius 1 is 1.19 bits per heavy atom. The number of ketones is 1. The molecule has 3 rings (SSSR count). The maximum absolute atomic E-state index is 12.4. The minimum absolute atomic E-state index is 0.109. The monoisotopic (exact) mass is 306 g/mol. The summed E-state index contributed by atoms with van der Waals surface area (Å²) in [4.78, 5) is 14.2. The van der Waals surface area contributed by atoms with Gasteiger partial charge in [0, 0.05) is 5.92 Å². The molecular formula is C15H18N2O3S. The SMILES string of the molecule is O=C(CN1C=NS(=O)(=O)c2ccccc21)C1CCCCC1. The van der Waals surface area contributed by atoms with Gasteiger partial charge in [-0.3, -0.25) is 4.79 Å². The largest absolute Gasteiger partial charge is 0.323 e. The molecule has 1 aliphatic carbocycles. The lowest BCUT2D eigenvalue weighted by Gasteiger charge is -2.27. The summed E-state index contributed by atoms with van der Waals surface area (Å²) in [5.41, 5.74) is 0.539. The summed E-state index contributed by atoms with van der Waals surface area (Å²) in [6.45, 7) is 0.195. The second-order valence-electron chi connectivity index (χ2n) is 5.59. The Morgan fingerprint density at radius 3 is 2.67 bits per heavy atom. The molecule has 0 N–H and O–H groups in total. The Hall–Kier alpha value is -1.69. The van der Waals surface area contributed by atoms with Crippen molar-refractivity contribution in [3.8, 4) is 0 Å². The lowest BCUT2D eigenvalue weighted by Crippen LogP contribution is -2.35. The minimum atomic E-state index is -3.62. The zero-order chi connectivity index (χ0) is 14.9. The fourth-order valence-corrected chi connectivity index (χ4v) is 4.05. The summed E-state index contributed by atoms with van der Waals surface area (Å²) in [6.07, 6.45) is 6.58. The summed E-state index contributed by atoms with van der Waals surface area (Å²) in [5.74, 6) is 0.285. The van der Waals surface area contributed by atoms with Gasteiger partial charge in [-0.25, -0.2) is 0 Å². The van der Waals surface area contributed by atoms with Gasteiger partial charge < -0.3 is 4.90 Å². The van der Waals surface area contributed by atoms with Gasteiger partial charge in [-0.1, -0.05) is 31.4 Å². The number of fused-ring (bicyclic) bond motifs is 1. The van der Waals surface area contributed by atoms with Crippen LogP contribution in [0.4, 0.5) is 5.69 Å². The summed E-state index contributed by atoms with van der Waals surface area (Å²) in [6, 6.07) is 6.68. The predicted molar refractivity (Wildman–Crippen MR) is 81.0 cm³/mol. The second-order valence-corrected chi connectivity index (χ2v) is 7.19. The van der Waals surface area contributed by atoms with Gasteiger partial charge in [-0.15, -0.1) is 4.40 Å². The summed E-state index contributed by atoms with van der Waals surface area (Å²) in [7, 11) is -3.62.